The Hall–Kier alpha value is -2.22. The summed E-state index contributed by atoms with van der Waals surface area (Å²) < 4.78 is 2.90. The van der Waals surface area contributed by atoms with E-state index in [1.165, 1.54) is 0 Å². The summed E-state index contributed by atoms with van der Waals surface area (Å²) in [6.45, 7) is 4.59. The zero-order valence-corrected chi connectivity index (χ0v) is 16.3. The average Bonchev–Trinajstić information content (AvgIpc) is 2.90. The van der Waals surface area contributed by atoms with E-state index in [9.17, 15) is 4.79 Å². The van der Waals surface area contributed by atoms with Crippen LogP contribution in [0.1, 0.15) is 27.3 Å². The molecule has 3 aromatic rings. The van der Waals surface area contributed by atoms with Gasteiger partial charge in [-0.2, -0.15) is 5.10 Å². The third kappa shape index (κ3) is 4.07. The van der Waals surface area contributed by atoms with E-state index in [0.29, 0.717) is 12.1 Å². The molecule has 25 heavy (non-hydrogen) atoms. The molecule has 128 valence electrons. The first-order valence-electron chi connectivity index (χ1n) is 8.06. The molecule has 2 aromatic heterocycles. The normalized spacial score (nSPS) is 10.7. The van der Waals surface area contributed by atoms with Gasteiger partial charge in [0.05, 0.1) is 5.69 Å². The maximum absolute atomic E-state index is 12.2. The number of carbonyl (C=O) groups excluding carboxylic acids is 1. The van der Waals surface area contributed by atoms with Crippen molar-refractivity contribution >= 4 is 28.5 Å². The number of benzene rings is 1. The summed E-state index contributed by atoms with van der Waals surface area (Å²) in [6, 6.07) is 13.3. The van der Waals surface area contributed by atoms with Gasteiger partial charge in [-0.3, -0.25) is 4.79 Å². The van der Waals surface area contributed by atoms with Crippen molar-refractivity contribution < 1.29 is 4.79 Å². The number of hydrogen-bond donors (Lipinski definition) is 1. The molecule has 0 fully saturated rings. The van der Waals surface area contributed by atoms with Crippen LogP contribution in [0.4, 0.5) is 0 Å². The molecule has 0 radical (unpaired) electrons. The SMILES string of the molecule is Cc1nn(-c2ccccn2)c(C)c1CCNC(=O)c1cccc(I)c1. The molecule has 0 aliphatic rings. The smallest absolute Gasteiger partial charge is 0.251 e. The van der Waals surface area contributed by atoms with Gasteiger partial charge in [-0.05, 0) is 78.8 Å². The molecule has 0 spiro atoms. The van der Waals surface area contributed by atoms with Crippen LogP contribution in [0.25, 0.3) is 5.82 Å². The van der Waals surface area contributed by atoms with Gasteiger partial charge in [0.25, 0.3) is 5.91 Å². The van der Waals surface area contributed by atoms with Gasteiger partial charge in [-0.1, -0.05) is 12.1 Å². The monoisotopic (exact) mass is 446 g/mol. The van der Waals surface area contributed by atoms with Crippen LogP contribution in [0.5, 0.6) is 0 Å². The van der Waals surface area contributed by atoms with E-state index in [0.717, 1.165) is 32.8 Å². The highest BCUT2D eigenvalue weighted by molar-refractivity contribution is 14.1. The second kappa shape index (κ2) is 7.77. The highest BCUT2D eigenvalue weighted by Gasteiger charge is 2.13. The number of amides is 1. The van der Waals surface area contributed by atoms with Gasteiger partial charge in [0, 0.05) is 27.6 Å². The van der Waals surface area contributed by atoms with E-state index < -0.39 is 0 Å². The predicted molar refractivity (Wildman–Crippen MR) is 106 cm³/mol. The number of nitrogens with one attached hydrogen (secondary N) is 1. The van der Waals surface area contributed by atoms with E-state index in [2.05, 4.69) is 38.0 Å². The van der Waals surface area contributed by atoms with Crippen molar-refractivity contribution in [3.05, 3.63) is 74.7 Å². The number of aromatic nitrogens is 3. The number of nitrogens with zero attached hydrogens (tertiary/aromatic N) is 3. The quantitative estimate of drug-likeness (QED) is 0.611. The van der Waals surface area contributed by atoms with Gasteiger partial charge in [0.2, 0.25) is 0 Å². The molecule has 0 saturated carbocycles. The molecule has 0 aliphatic heterocycles. The molecule has 0 atom stereocenters. The van der Waals surface area contributed by atoms with Gasteiger partial charge < -0.3 is 5.32 Å². The fraction of sp³-hybridized carbons (Fsp3) is 0.211. The van der Waals surface area contributed by atoms with Crippen LogP contribution in [-0.4, -0.2) is 27.2 Å². The number of hydrogen-bond acceptors (Lipinski definition) is 3. The second-order valence-corrected chi connectivity index (χ2v) is 7.01. The number of rotatable bonds is 5. The van der Waals surface area contributed by atoms with Crippen molar-refractivity contribution in [3.8, 4) is 5.82 Å². The molecule has 5 nitrogen and oxygen atoms in total. The molecule has 0 unspecified atom stereocenters. The van der Waals surface area contributed by atoms with Crippen molar-refractivity contribution in [2.75, 3.05) is 6.54 Å². The lowest BCUT2D eigenvalue weighted by Crippen LogP contribution is -2.26. The maximum Gasteiger partial charge on any atom is 0.251 e. The Kier molecular flexibility index (Phi) is 5.47. The highest BCUT2D eigenvalue weighted by atomic mass is 127. The Labute approximate surface area is 160 Å². The van der Waals surface area contributed by atoms with Crippen molar-refractivity contribution in [2.24, 2.45) is 0 Å². The van der Waals surface area contributed by atoms with Crippen LogP contribution in [0.3, 0.4) is 0 Å². The van der Waals surface area contributed by atoms with Gasteiger partial charge in [0.1, 0.15) is 0 Å². The Bertz CT molecular complexity index is 890. The summed E-state index contributed by atoms with van der Waals surface area (Å²) in [7, 11) is 0. The lowest BCUT2D eigenvalue weighted by atomic mass is 10.1. The standard InChI is InChI=1S/C19H19IN4O/c1-13-17(14(2)24(23-13)18-8-3-4-10-21-18)9-11-22-19(25)15-6-5-7-16(20)12-15/h3-8,10,12H,9,11H2,1-2H3,(H,22,25). The summed E-state index contributed by atoms with van der Waals surface area (Å²) in [5.74, 6) is 0.753. The number of carbonyl (C=O) groups is 1. The van der Waals surface area contributed by atoms with Crippen molar-refractivity contribution in [3.63, 3.8) is 0 Å². The molecule has 1 amide bonds. The lowest BCUT2D eigenvalue weighted by molar-refractivity contribution is 0.0954. The minimum Gasteiger partial charge on any atom is -0.352 e. The van der Waals surface area contributed by atoms with Gasteiger partial charge >= 0.3 is 0 Å². The minimum absolute atomic E-state index is 0.0501. The Balaban J connectivity index is 1.68. The van der Waals surface area contributed by atoms with Crippen molar-refractivity contribution in [1.29, 1.82) is 0 Å². The molecule has 3 rings (SSSR count). The lowest BCUT2D eigenvalue weighted by Gasteiger charge is -2.07. The minimum atomic E-state index is -0.0501. The van der Waals surface area contributed by atoms with E-state index in [1.807, 2.05) is 61.0 Å². The van der Waals surface area contributed by atoms with Gasteiger partial charge in [-0.15, -0.1) is 0 Å². The first kappa shape index (κ1) is 17.6. The van der Waals surface area contributed by atoms with Crippen LogP contribution in [0.2, 0.25) is 0 Å². The van der Waals surface area contributed by atoms with Gasteiger partial charge in [0.15, 0.2) is 5.82 Å². The van der Waals surface area contributed by atoms with Crippen LogP contribution in [-0.2, 0) is 6.42 Å². The number of halogens is 1. The largest absolute Gasteiger partial charge is 0.352 e. The van der Waals surface area contributed by atoms with E-state index >= 15 is 0 Å². The van der Waals surface area contributed by atoms with Crippen LogP contribution in [0, 0.1) is 17.4 Å². The molecule has 0 aliphatic carbocycles. The van der Waals surface area contributed by atoms with Crippen LogP contribution >= 0.6 is 22.6 Å². The van der Waals surface area contributed by atoms with Crippen LogP contribution < -0.4 is 5.32 Å². The first-order valence-corrected chi connectivity index (χ1v) is 9.14. The van der Waals surface area contributed by atoms with Crippen molar-refractivity contribution in [1.82, 2.24) is 20.1 Å². The summed E-state index contributed by atoms with van der Waals surface area (Å²) >= 11 is 2.21. The molecule has 6 heteroatoms. The Morgan fingerprint density at radius 1 is 1.20 bits per heavy atom. The Morgan fingerprint density at radius 3 is 2.76 bits per heavy atom. The average molecular weight is 446 g/mol. The number of aryl methyl sites for hydroxylation is 1. The highest BCUT2D eigenvalue weighted by Crippen LogP contribution is 2.17. The summed E-state index contributed by atoms with van der Waals surface area (Å²) in [5.41, 5.74) is 3.85. The zero-order chi connectivity index (χ0) is 17.8. The molecule has 1 aromatic carbocycles. The fourth-order valence-electron chi connectivity index (χ4n) is 2.77. The van der Waals surface area contributed by atoms with Gasteiger partial charge in [-0.25, -0.2) is 9.67 Å². The molecule has 1 N–H and O–H groups in total. The fourth-order valence-corrected chi connectivity index (χ4v) is 3.31. The summed E-state index contributed by atoms with van der Waals surface area (Å²) in [4.78, 5) is 16.6. The molecule has 0 saturated heterocycles. The Morgan fingerprint density at radius 2 is 2.04 bits per heavy atom. The molecular weight excluding hydrogens is 427 g/mol. The number of pyridine rings is 1. The van der Waals surface area contributed by atoms with E-state index in [1.54, 1.807) is 6.20 Å². The molecule has 0 bridgehead atoms. The molecular formula is C19H19IN4O. The summed E-state index contributed by atoms with van der Waals surface area (Å²) in [5, 5.41) is 7.57. The third-order valence-electron chi connectivity index (χ3n) is 4.05. The predicted octanol–water partition coefficient (Wildman–Crippen LogP) is 3.46. The van der Waals surface area contributed by atoms with E-state index in [-0.39, 0.29) is 5.91 Å². The topological polar surface area (TPSA) is 59.8 Å². The summed E-state index contributed by atoms with van der Waals surface area (Å²) in [6.07, 6.45) is 2.49. The van der Waals surface area contributed by atoms with Crippen molar-refractivity contribution in [2.45, 2.75) is 20.3 Å². The first-order chi connectivity index (χ1) is 12.1. The van der Waals surface area contributed by atoms with E-state index in [4.69, 9.17) is 0 Å². The maximum atomic E-state index is 12.2. The third-order valence-corrected chi connectivity index (χ3v) is 4.73. The second-order valence-electron chi connectivity index (χ2n) is 5.77. The van der Waals surface area contributed by atoms with Crippen LogP contribution in [0.15, 0.2) is 48.7 Å². The zero-order valence-electron chi connectivity index (χ0n) is 14.2. The molecule has 2 heterocycles.